The van der Waals surface area contributed by atoms with Gasteiger partial charge in [0.2, 0.25) is 0 Å². The Morgan fingerprint density at radius 1 is 1.19 bits per heavy atom. The van der Waals surface area contributed by atoms with Gasteiger partial charge in [-0.05, 0) is 45.8 Å². The molecule has 5 heteroatoms. The van der Waals surface area contributed by atoms with Crippen molar-refractivity contribution in [2.75, 3.05) is 14.2 Å². The fraction of sp³-hybridized carbons (Fsp3) is 0.188. The first kappa shape index (κ1) is 15.5. The van der Waals surface area contributed by atoms with Gasteiger partial charge in [0.1, 0.15) is 5.82 Å². The fourth-order valence-corrected chi connectivity index (χ4v) is 2.46. The van der Waals surface area contributed by atoms with Gasteiger partial charge in [-0.25, -0.2) is 4.39 Å². The van der Waals surface area contributed by atoms with E-state index in [1.54, 1.807) is 30.3 Å². The van der Waals surface area contributed by atoms with E-state index in [4.69, 9.17) is 9.47 Å². The van der Waals surface area contributed by atoms with E-state index in [9.17, 15) is 9.18 Å². The third kappa shape index (κ3) is 3.42. The van der Waals surface area contributed by atoms with Gasteiger partial charge >= 0.3 is 0 Å². The summed E-state index contributed by atoms with van der Waals surface area (Å²) in [4.78, 5) is 12.4. The number of methoxy groups -OCH3 is 2. The molecule has 0 unspecified atom stereocenters. The molecule has 0 N–H and O–H groups in total. The van der Waals surface area contributed by atoms with Crippen molar-refractivity contribution in [3.05, 3.63) is 57.8 Å². The van der Waals surface area contributed by atoms with Gasteiger partial charge in [-0.15, -0.1) is 0 Å². The van der Waals surface area contributed by atoms with Crippen LogP contribution >= 0.6 is 15.9 Å². The van der Waals surface area contributed by atoms with Crippen molar-refractivity contribution in [1.29, 1.82) is 0 Å². The number of hydrogen-bond donors (Lipinski definition) is 0. The van der Waals surface area contributed by atoms with Crippen molar-refractivity contribution in [3.63, 3.8) is 0 Å². The molecule has 0 spiro atoms. The lowest BCUT2D eigenvalue weighted by Crippen LogP contribution is -2.07. The van der Waals surface area contributed by atoms with Crippen LogP contribution in [0.1, 0.15) is 15.9 Å². The van der Waals surface area contributed by atoms with Crippen molar-refractivity contribution < 1.29 is 18.7 Å². The summed E-state index contributed by atoms with van der Waals surface area (Å²) in [7, 11) is 3.01. The van der Waals surface area contributed by atoms with Crippen LogP contribution in [0.5, 0.6) is 11.5 Å². The molecule has 110 valence electrons. The maximum atomic E-state index is 13.2. The highest BCUT2D eigenvalue weighted by Gasteiger charge is 2.17. The molecule has 0 heterocycles. The number of ether oxygens (including phenoxy) is 2. The summed E-state index contributed by atoms with van der Waals surface area (Å²) in [5, 5.41) is 0. The van der Waals surface area contributed by atoms with E-state index < -0.39 is 0 Å². The summed E-state index contributed by atoms with van der Waals surface area (Å²) in [5.41, 5.74) is 1.16. The molecule has 0 aromatic heterocycles. The molecule has 3 nitrogen and oxygen atoms in total. The minimum absolute atomic E-state index is 0.121. The monoisotopic (exact) mass is 352 g/mol. The zero-order chi connectivity index (χ0) is 15.4. The van der Waals surface area contributed by atoms with E-state index in [0.717, 1.165) is 5.56 Å². The van der Waals surface area contributed by atoms with Crippen LogP contribution in [-0.4, -0.2) is 20.0 Å². The summed E-state index contributed by atoms with van der Waals surface area (Å²) >= 11 is 3.11. The lowest BCUT2D eigenvalue weighted by molar-refractivity contribution is 0.0989. The average Bonchev–Trinajstić information content (AvgIpc) is 2.49. The van der Waals surface area contributed by atoms with Crippen LogP contribution in [0, 0.1) is 5.82 Å². The van der Waals surface area contributed by atoms with E-state index in [2.05, 4.69) is 15.9 Å². The summed E-state index contributed by atoms with van der Waals surface area (Å²) in [6.45, 7) is 0. The smallest absolute Gasteiger partial charge is 0.171 e. The highest BCUT2D eigenvalue weighted by atomic mass is 79.9. The number of ketones is 1. The Labute approximate surface area is 130 Å². The van der Waals surface area contributed by atoms with E-state index in [0.29, 0.717) is 21.5 Å². The second kappa shape index (κ2) is 6.72. The van der Waals surface area contributed by atoms with Gasteiger partial charge in [-0.2, -0.15) is 0 Å². The second-order valence-electron chi connectivity index (χ2n) is 4.39. The number of carbonyl (C=O) groups excluding carboxylic acids is 1. The van der Waals surface area contributed by atoms with Crippen LogP contribution in [0.2, 0.25) is 0 Å². The summed E-state index contributed by atoms with van der Waals surface area (Å²) in [5.74, 6) is 0.434. The summed E-state index contributed by atoms with van der Waals surface area (Å²) in [6.07, 6.45) is 0.155. The van der Waals surface area contributed by atoms with Crippen molar-refractivity contribution in [1.82, 2.24) is 0 Å². The van der Waals surface area contributed by atoms with Gasteiger partial charge in [0.15, 0.2) is 17.3 Å². The molecule has 0 aliphatic rings. The Balaban J connectivity index is 2.30. The SMILES string of the molecule is COc1cccc(C(=O)Cc2ccc(F)c(Br)c2)c1OC. The number of rotatable bonds is 5. The van der Waals surface area contributed by atoms with E-state index in [1.807, 2.05) is 0 Å². The van der Waals surface area contributed by atoms with Crippen molar-refractivity contribution in [2.45, 2.75) is 6.42 Å². The first-order valence-electron chi connectivity index (χ1n) is 6.25. The van der Waals surface area contributed by atoms with Gasteiger partial charge in [0, 0.05) is 6.42 Å². The molecule has 0 aliphatic carbocycles. The lowest BCUT2D eigenvalue weighted by atomic mass is 10.0. The number of carbonyl (C=O) groups is 1. The zero-order valence-electron chi connectivity index (χ0n) is 11.7. The number of halogens is 2. The molecular formula is C16H14BrFO3. The Morgan fingerprint density at radius 3 is 2.57 bits per heavy atom. The molecule has 2 aromatic carbocycles. The Kier molecular flexibility index (Phi) is 4.96. The van der Waals surface area contributed by atoms with Crippen LogP contribution in [0.15, 0.2) is 40.9 Å². The Morgan fingerprint density at radius 2 is 1.95 bits per heavy atom. The maximum Gasteiger partial charge on any atom is 0.171 e. The van der Waals surface area contributed by atoms with E-state index >= 15 is 0 Å². The molecular weight excluding hydrogens is 339 g/mol. The minimum atomic E-state index is -0.356. The third-order valence-electron chi connectivity index (χ3n) is 3.05. The Hall–Kier alpha value is -1.88. The first-order chi connectivity index (χ1) is 10.1. The van der Waals surface area contributed by atoms with Crippen molar-refractivity contribution in [3.8, 4) is 11.5 Å². The quantitative estimate of drug-likeness (QED) is 0.762. The molecule has 0 aliphatic heterocycles. The van der Waals surface area contributed by atoms with E-state index in [1.165, 1.54) is 20.3 Å². The number of benzene rings is 2. The summed E-state index contributed by atoms with van der Waals surface area (Å²) < 4.78 is 24.0. The van der Waals surface area contributed by atoms with Gasteiger partial charge in [-0.3, -0.25) is 4.79 Å². The molecule has 0 amide bonds. The van der Waals surface area contributed by atoms with Crippen molar-refractivity contribution >= 4 is 21.7 Å². The van der Waals surface area contributed by atoms with Gasteiger partial charge < -0.3 is 9.47 Å². The molecule has 0 bridgehead atoms. The normalized spacial score (nSPS) is 10.3. The van der Waals surface area contributed by atoms with Gasteiger partial charge in [0.05, 0.1) is 24.3 Å². The highest BCUT2D eigenvalue weighted by molar-refractivity contribution is 9.10. The van der Waals surface area contributed by atoms with E-state index in [-0.39, 0.29) is 18.0 Å². The minimum Gasteiger partial charge on any atom is -0.493 e. The highest BCUT2D eigenvalue weighted by Crippen LogP contribution is 2.31. The predicted octanol–water partition coefficient (Wildman–Crippen LogP) is 4.03. The number of hydrogen-bond acceptors (Lipinski definition) is 3. The molecule has 0 fully saturated rings. The van der Waals surface area contributed by atoms with Gasteiger partial charge in [-0.1, -0.05) is 12.1 Å². The molecule has 0 saturated carbocycles. The molecule has 2 rings (SSSR count). The van der Waals surface area contributed by atoms with Crippen LogP contribution in [0.3, 0.4) is 0 Å². The number of para-hydroxylation sites is 1. The zero-order valence-corrected chi connectivity index (χ0v) is 13.2. The lowest BCUT2D eigenvalue weighted by Gasteiger charge is -2.11. The van der Waals surface area contributed by atoms with Crippen molar-refractivity contribution in [2.24, 2.45) is 0 Å². The molecule has 0 saturated heterocycles. The van der Waals surface area contributed by atoms with Crippen LogP contribution in [-0.2, 0) is 6.42 Å². The molecule has 21 heavy (non-hydrogen) atoms. The number of Topliss-reactive ketones (excluding diaryl/α,β-unsaturated/α-hetero) is 1. The topological polar surface area (TPSA) is 35.5 Å². The van der Waals surface area contributed by atoms with Crippen LogP contribution in [0.25, 0.3) is 0 Å². The predicted molar refractivity (Wildman–Crippen MR) is 81.7 cm³/mol. The average molecular weight is 353 g/mol. The standard InChI is InChI=1S/C16H14BrFO3/c1-20-15-5-3-4-11(16(15)21-2)14(19)9-10-6-7-13(18)12(17)8-10/h3-8H,9H2,1-2H3. The largest absolute Gasteiger partial charge is 0.493 e. The molecule has 0 atom stereocenters. The maximum absolute atomic E-state index is 13.2. The Bertz CT molecular complexity index is 671. The first-order valence-corrected chi connectivity index (χ1v) is 7.04. The summed E-state index contributed by atoms with van der Waals surface area (Å²) in [6, 6.07) is 9.65. The molecule has 0 radical (unpaired) electrons. The van der Waals surface area contributed by atoms with Gasteiger partial charge in [0.25, 0.3) is 0 Å². The third-order valence-corrected chi connectivity index (χ3v) is 3.66. The van der Waals surface area contributed by atoms with Crippen LogP contribution < -0.4 is 9.47 Å². The molecule has 2 aromatic rings. The fourth-order valence-electron chi connectivity index (χ4n) is 2.04. The van der Waals surface area contributed by atoms with Crippen LogP contribution in [0.4, 0.5) is 4.39 Å². The second-order valence-corrected chi connectivity index (χ2v) is 5.24.